The number of fused-ring (bicyclic) bond motifs is 1. The molecule has 6 nitrogen and oxygen atoms in total. The zero-order valence-corrected chi connectivity index (χ0v) is 18.4. The van der Waals surface area contributed by atoms with Crippen molar-refractivity contribution in [1.29, 1.82) is 0 Å². The number of rotatable bonds is 5. The Labute approximate surface area is 187 Å². The Balaban J connectivity index is 1.27. The number of hydrogen-bond donors (Lipinski definition) is 0. The zero-order valence-electron chi connectivity index (χ0n) is 18.4. The lowest BCUT2D eigenvalue weighted by molar-refractivity contribution is 0.136. The summed E-state index contributed by atoms with van der Waals surface area (Å²) in [5, 5.41) is 2.80. The number of ether oxygens (including phenoxy) is 1. The van der Waals surface area contributed by atoms with Crippen molar-refractivity contribution < 1.29 is 4.74 Å². The normalized spacial score (nSPS) is 19.3. The minimum absolute atomic E-state index is 0.0345. The first-order valence-corrected chi connectivity index (χ1v) is 11.6. The van der Waals surface area contributed by atoms with Crippen molar-refractivity contribution in [1.82, 2.24) is 19.0 Å². The molecule has 0 saturated carbocycles. The molecule has 1 unspecified atom stereocenters. The molecule has 0 amide bonds. The lowest BCUT2D eigenvalue weighted by atomic mass is 9.99. The van der Waals surface area contributed by atoms with E-state index in [1.165, 1.54) is 21.9 Å². The number of methoxy groups -OCH3 is 1. The molecule has 2 aromatic heterocycles. The van der Waals surface area contributed by atoms with Gasteiger partial charge in [0.2, 0.25) is 0 Å². The van der Waals surface area contributed by atoms with E-state index in [1.807, 2.05) is 16.7 Å². The third kappa shape index (κ3) is 3.01. The maximum atomic E-state index is 13.3. The lowest BCUT2D eigenvalue weighted by Gasteiger charge is -2.36. The van der Waals surface area contributed by atoms with Crippen LogP contribution in [0, 0.1) is 0 Å². The second-order valence-corrected chi connectivity index (χ2v) is 8.99. The van der Waals surface area contributed by atoms with Gasteiger partial charge in [0.25, 0.3) is 0 Å². The molecule has 1 aliphatic heterocycles. The van der Waals surface area contributed by atoms with Crippen molar-refractivity contribution in [3.05, 3.63) is 76.3 Å². The van der Waals surface area contributed by atoms with Crippen LogP contribution in [-0.2, 0) is 17.7 Å². The van der Waals surface area contributed by atoms with E-state index in [2.05, 4.69) is 46.3 Å². The number of benzene rings is 2. The van der Waals surface area contributed by atoms with E-state index in [0.29, 0.717) is 19.2 Å². The number of imidazole rings is 1. The smallest absolute Gasteiger partial charge is 0.330 e. The average molecular weight is 429 g/mol. The quantitative estimate of drug-likeness (QED) is 0.483. The predicted molar refractivity (Wildman–Crippen MR) is 126 cm³/mol. The first-order chi connectivity index (χ1) is 15.8. The molecule has 2 aliphatic rings. The van der Waals surface area contributed by atoms with Gasteiger partial charge in [-0.1, -0.05) is 36.4 Å². The van der Waals surface area contributed by atoms with E-state index in [1.54, 1.807) is 17.9 Å². The first-order valence-electron chi connectivity index (χ1n) is 11.6. The molecule has 32 heavy (non-hydrogen) atoms. The zero-order chi connectivity index (χ0) is 21.7. The summed E-state index contributed by atoms with van der Waals surface area (Å²) < 4.78 is 8.97. The number of aromatic nitrogens is 3. The Kier molecular flexibility index (Phi) is 4.85. The van der Waals surface area contributed by atoms with Crippen molar-refractivity contribution >= 4 is 21.9 Å². The predicted octanol–water partition coefficient (Wildman–Crippen LogP) is 3.93. The monoisotopic (exact) mass is 428 g/mol. The molecule has 2 aromatic carbocycles. The molecular formula is C26H28N4O2. The van der Waals surface area contributed by atoms with Crippen molar-refractivity contribution in [2.24, 2.45) is 0 Å². The first kappa shape index (κ1) is 19.7. The van der Waals surface area contributed by atoms with Gasteiger partial charge in [-0.3, -0.25) is 14.0 Å². The molecule has 3 heterocycles. The number of nitrogens with zero attached hydrogens (tertiary/aromatic N) is 4. The summed E-state index contributed by atoms with van der Waals surface area (Å²) in [6.45, 7) is 3.02. The van der Waals surface area contributed by atoms with Gasteiger partial charge in [0.1, 0.15) is 0 Å². The van der Waals surface area contributed by atoms with Gasteiger partial charge in [-0.15, -0.1) is 0 Å². The Hall–Kier alpha value is -2.96. The van der Waals surface area contributed by atoms with Crippen LogP contribution < -0.4 is 5.69 Å². The molecule has 1 fully saturated rings. The molecule has 0 bridgehead atoms. The molecule has 6 rings (SSSR count). The summed E-state index contributed by atoms with van der Waals surface area (Å²) in [6.07, 6.45) is 4.79. The SMILES string of the molecule is COCCn1c(=O)n(C2CCN(C3Cc4cccc5cccc3c45)CC2)c2cccnc21. The highest BCUT2D eigenvalue weighted by Crippen LogP contribution is 2.41. The molecule has 4 aromatic rings. The van der Waals surface area contributed by atoms with Crippen molar-refractivity contribution in [2.45, 2.75) is 37.9 Å². The third-order valence-corrected chi connectivity index (χ3v) is 7.34. The number of piperidine rings is 1. The fourth-order valence-electron chi connectivity index (χ4n) is 5.84. The third-order valence-electron chi connectivity index (χ3n) is 7.34. The minimum atomic E-state index is 0.0345. The maximum absolute atomic E-state index is 13.3. The van der Waals surface area contributed by atoms with E-state index in [-0.39, 0.29) is 11.7 Å². The number of pyridine rings is 1. The molecule has 1 aliphatic carbocycles. The number of hydrogen-bond acceptors (Lipinski definition) is 4. The largest absolute Gasteiger partial charge is 0.383 e. The van der Waals surface area contributed by atoms with Crippen molar-refractivity contribution in [2.75, 3.05) is 26.8 Å². The summed E-state index contributed by atoms with van der Waals surface area (Å²) in [5.74, 6) is 0. The van der Waals surface area contributed by atoms with Crippen LogP contribution >= 0.6 is 0 Å². The van der Waals surface area contributed by atoms with Crippen LogP contribution in [0.1, 0.15) is 36.1 Å². The van der Waals surface area contributed by atoms with Gasteiger partial charge in [-0.2, -0.15) is 0 Å². The van der Waals surface area contributed by atoms with Crippen LogP contribution in [0.4, 0.5) is 0 Å². The summed E-state index contributed by atoms with van der Waals surface area (Å²) >= 11 is 0. The molecule has 6 heteroatoms. The van der Waals surface area contributed by atoms with Crippen LogP contribution in [0.5, 0.6) is 0 Å². The highest BCUT2D eigenvalue weighted by atomic mass is 16.5. The summed E-state index contributed by atoms with van der Waals surface area (Å²) in [4.78, 5) is 20.5. The van der Waals surface area contributed by atoms with E-state index in [9.17, 15) is 4.79 Å². The standard InChI is InChI=1S/C26H28N4O2/c1-32-16-15-29-25-22(9-4-12-27-25)30(26(29)31)20-10-13-28(14-11-20)23-17-19-7-2-5-18-6-3-8-21(23)24(18)19/h2-9,12,20,23H,10-11,13-17H2,1H3. The van der Waals surface area contributed by atoms with Gasteiger partial charge in [0.15, 0.2) is 5.65 Å². The van der Waals surface area contributed by atoms with E-state index in [4.69, 9.17) is 4.74 Å². The highest BCUT2D eigenvalue weighted by Gasteiger charge is 2.33. The Bertz CT molecular complexity index is 1340. The fourth-order valence-corrected chi connectivity index (χ4v) is 5.84. The van der Waals surface area contributed by atoms with Crippen LogP contribution in [0.3, 0.4) is 0 Å². The Morgan fingerprint density at radius 2 is 1.88 bits per heavy atom. The van der Waals surface area contributed by atoms with Crippen LogP contribution in [0.2, 0.25) is 0 Å². The summed E-state index contributed by atoms with van der Waals surface area (Å²) in [7, 11) is 1.66. The molecule has 0 N–H and O–H groups in total. The van der Waals surface area contributed by atoms with Gasteiger partial charge in [-0.25, -0.2) is 9.78 Å². The number of likely N-dealkylation sites (tertiary alicyclic amines) is 1. The second-order valence-electron chi connectivity index (χ2n) is 8.99. The molecule has 0 radical (unpaired) electrons. The Morgan fingerprint density at radius 1 is 1.06 bits per heavy atom. The van der Waals surface area contributed by atoms with E-state index < -0.39 is 0 Å². The highest BCUT2D eigenvalue weighted by molar-refractivity contribution is 5.91. The molecular weight excluding hydrogens is 400 g/mol. The van der Waals surface area contributed by atoms with Gasteiger partial charge in [0, 0.05) is 38.5 Å². The van der Waals surface area contributed by atoms with Crippen LogP contribution in [-0.4, -0.2) is 45.8 Å². The van der Waals surface area contributed by atoms with Gasteiger partial charge >= 0.3 is 5.69 Å². The molecule has 0 spiro atoms. The molecule has 1 saturated heterocycles. The van der Waals surface area contributed by atoms with Gasteiger partial charge in [-0.05, 0) is 53.3 Å². The van der Waals surface area contributed by atoms with Crippen molar-refractivity contribution in [3.8, 4) is 0 Å². The lowest BCUT2D eigenvalue weighted by Crippen LogP contribution is -2.39. The average Bonchev–Trinajstić information content (AvgIpc) is 3.34. The molecule has 1 atom stereocenters. The van der Waals surface area contributed by atoms with Crippen molar-refractivity contribution in [3.63, 3.8) is 0 Å². The van der Waals surface area contributed by atoms with Crippen LogP contribution in [0.25, 0.3) is 21.9 Å². The van der Waals surface area contributed by atoms with Gasteiger partial charge in [0.05, 0.1) is 18.7 Å². The topological polar surface area (TPSA) is 52.3 Å². The Morgan fingerprint density at radius 3 is 2.69 bits per heavy atom. The maximum Gasteiger partial charge on any atom is 0.330 e. The van der Waals surface area contributed by atoms with Gasteiger partial charge < -0.3 is 4.74 Å². The van der Waals surface area contributed by atoms with E-state index in [0.717, 1.165) is 43.5 Å². The summed E-state index contributed by atoms with van der Waals surface area (Å²) in [6, 6.07) is 18.0. The van der Waals surface area contributed by atoms with Crippen LogP contribution in [0.15, 0.2) is 59.5 Å². The summed E-state index contributed by atoms with van der Waals surface area (Å²) in [5.41, 5.74) is 4.66. The fraction of sp³-hybridized carbons (Fsp3) is 0.385. The molecule has 164 valence electrons. The second kappa shape index (κ2) is 7.87. The van der Waals surface area contributed by atoms with E-state index >= 15 is 0 Å². The minimum Gasteiger partial charge on any atom is -0.383 e.